The van der Waals surface area contributed by atoms with Gasteiger partial charge in [-0.05, 0) is 43.4 Å². The lowest BCUT2D eigenvalue weighted by atomic mass is 10.00. The molecule has 0 aromatic heterocycles. The van der Waals surface area contributed by atoms with Crippen LogP contribution in [0.25, 0.3) is 0 Å². The van der Waals surface area contributed by atoms with E-state index in [9.17, 15) is 10.2 Å². The Labute approximate surface area is 134 Å². The molecule has 126 valence electrons. The number of hydrogen-bond donors (Lipinski definition) is 2. The van der Waals surface area contributed by atoms with E-state index in [4.69, 9.17) is 9.47 Å². The number of aliphatic hydroxyl groups excluding tert-OH is 2. The Morgan fingerprint density at radius 3 is 2.27 bits per heavy atom. The molecule has 1 rings (SSSR count). The average Bonchev–Trinajstić information content (AvgIpc) is 2.52. The summed E-state index contributed by atoms with van der Waals surface area (Å²) < 4.78 is 10.5. The van der Waals surface area contributed by atoms with E-state index in [1.54, 1.807) is 14.2 Å². The highest BCUT2D eigenvalue weighted by atomic mass is 16.5. The van der Waals surface area contributed by atoms with Crippen LogP contribution < -0.4 is 9.47 Å². The fraction of sp³-hybridized carbons (Fsp3) is 0.667. The highest BCUT2D eigenvalue weighted by Crippen LogP contribution is 2.28. The van der Waals surface area contributed by atoms with Gasteiger partial charge in [-0.2, -0.15) is 0 Å². The summed E-state index contributed by atoms with van der Waals surface area (Å²) in [6.45, 7) is 2.14. The molecule has 2 N–H and O–H groups in total. The highest BCUT2D eigenvalue weighted by molar-refractivity contribution is 5.42. The standard InChI is InChI=1S/C18H30O4/c1-4-5-6-7-15(19)13-16(20)10-8-14-9-11-17(21-2)18(12-14)22-3/h9,11-12,15-16,19-20H,4-8,10,13H2,1-3H3/t15-,16+/m0/s1. The molecule has 22 heavy (non-hydrogen) atoms. The molecule has 0 aliphatic heterocycles. The van der Waals surface area contributed by atoms with Crippen molar-refractivity contribution in [3.8, 4) is 11.5 Å². The first-order chi connectivity index (χ1) is 10.6. The van der Waals surface area contributed by atoms with Crippen LogP contribution >= 0.6 is 0 Å². The molecule has 0 radical (unpaired) electrons. The maximum Gasteiger partial charge on any atom is 0.160 e. The molecule has 1 aromatic rings. The Hall–Kier alpha value is -1.26. The molecular formula is C18H30O4. The van der Waals surface area contributed by atoms with Crippen LogP contribution in [0, 0.1) is 0 Å². The van der Waals surface area contributed by atoms with Gasteiger partial charge in [0, 0.05) is 0 Å². The molecule has 0 bridgehead atoms. The lowest BCUT2D eigenvalue weighted by Gasteiger charge is -2.16. The number of rotatable bonds is 11. The number of unbranched alkanes of at least 4 members (excludes halogenated alkanes) is 2. The number of methoxy groups -OCH3 is 2. The zero-order chi connectivity index (χ0) is 16.4. The third-order valence-corrected chi connectivity index (χ3v) is 3.90. The van der Waals surface area contributed by atoms with Crippen molar-refractivity contribution in [3.63, 3.8) is 0 Å². The van der Waals surface area contributed by atoms with Crippen molar-refractivity contribution in [1.29, 1.82) is 0 Å². The summed E-state index contributed by atoms with van der Waals surface area (Å²) in [5, 5.41) is 19.9. The molecule has 1 aromatic carbocycles. The van der Waals surface area contributed by atoms with Crippen LogP contribution in [0.2, 0.25) is 0 Å². The van der Waals surface area contributed by atoms with Crippen molar-refractivity contribution in [2.75, 3.05) is 14.2 Å². The van der Waals surface area contributed by atoms with Crippen molar-refractivity contribution in [2.45, 2.75) is 64.1 Å². The van der Waals surface area contributed by atoms with Gasteiger partial charge in [-0.3, -0.25) is 0 Å². The van der Waals surface area contributed by atoms with E-state index in [0.717, 1.165) is 37.7 Å². The normalized spacial score (nSPS) is 13.7. The SMILES string of the molecule is CCCCC[C@H](O)C[C@H](O)CCc1ccc(OC)c(OC)c1. The lowest BCUT2D eigenvalue weighted by Crippen LogP contribution is -2.18. The van der Waals surface area contributed by atoms with Crippen LogP contribution in [-0.4, -0.2) is 36.6 Å². The van der Waals surface area contributed by atoms with Crippen LogP contribution in [0.4, 0.5) is 0 Å². The monoisotopic (exact) mass is 310 g/mol. The highest BCUT2D eigenvalue weighted by Gasteiger charge is 2.12. The predicted octanol–water partition coefficient (Wildman–Crippen LogP) is 3.33. The van der Waals surface area contributed by atoms with E-state index in [1.165, 1.54) is 0 Å². The summed E-state index contributed by atoms with van der Waals surface area (Å²) in [4.78, 5) is 0. The summed E-state index contributed by atoms with van der Waals surface area (Å²) in [5.74, 6) is 1.41. The van der Waals surface area contributed by atoms with Crippen molar-refractivity contribution >= 4 is 0 Å². The van der Waals surface area contributed by atoms with Crippen LogP contribution in [0.3, 0.4) is 0 Å². The number of benzene rings is 1. The molecule has 4 heteroatoms. The van der Waals surface area contributed by atoms with Crippen molar-refractivity contribution in [2.24, 2.45) is 0 Å². The Morgan fingerprint density at radius 2 is 1.64 bits per heavy atom. The number of aryl methyl sites for hydroxylation is 1. The van der Waals surface area contributed by atoms with E-state index < -0.39 is 12.2 Å². The Balaban J connectivity index is 2.38. The number of hydrogen-bond acceptors (Lipinski definition) is 4. The minimum atomic E-state index is -0.468. The van der Waals surface area contributed by atoms with Gasteiger partial charge in [-0.15, -0.1) is 0 Å². The third-order valence-electron chi connectivity index (χ3n) is 3.90. The van der Waals surface area contributed by atoms with Crippen molar-refractivity contribution in [1.82, 2.24) is 0 Å². The predicted molar refractivity (Wildman–Crippen MR) is 88.6 cm³/mol. The first kappa shape index (κ1) is 18.8. The van der Waals surface area contributed by atoms with Gasteiger partial charge in [-0.1, -0.05) is 32.3 Å². The zero-order valence-electron chi connectivity index (χ0n) is 14.0. The van der Waals surface area contributed by atoms with Gasteiger partial charge in [-0.25, -0.2) is 0 Å². The average molecular weight is 310 g/mol. The molecule has 0 amide bonds. The Bertz CT molecular complexity index is 420. The molecule has 0 fully saturated rings. The van der Waals surface area contributed by atoms with Crippen LogP contribution in [0.15, 0.2) is 18.2 Å². The maximum atomic E-state index is 10.0. The van der Waals surface area contributed by atoms with Gasteiger partial charge >= 0.3 is 0 Å². The number of ether oxygens (including phenoxy) is 2. The fourth-order valence-corrected chi connectivity index (χ4v) is 2.55. The molecular weight excluding hydrogens is 280 g/mol. The second-order valence-corrected chi connectivity index (χ2v) is 5.77. The van der Waals surface area contributed by atoms with E-state index >= 15 is 0 Å². The van der Waals surface area contributed by atoms with Crippen LogP contribution in [0.1, 0.15) is 51.0 Å². The first-order valence-corrected chi connectivity index (χ1v) is 8.17. The molecule has 0 spiro atoms. The minimum absolute atomic E-state index is 0.396. The van der Waals surface area contributed by atoms with Gasteiger partial charge in [0.2, 0.25) is 0 Å². The summed E-state index contributed by atoms with van der Waals surface area (Å²) in [6, 6.07) is 5.79. The topological polar surface area (TPSA) is 58.9 Å². The molecule has 2 atom stereocenters. The van der Waals surface area contributed by atoms with Gasteiger partial charge in [0.1, 0.15) is 0 Å². The maximum absolute atomic E-state index is 10.0. The lowest BCUT2D eigenvalue weighted by molar-refractivity contribution is 0.0698. The molecule has 0 saturated heterocycles. The van der Waals surface area contributed by atoms with E-state index in [2.05, 4.69) is 6.92 Å². The Kier molecular flexibility index (Phi) is 8.94. The number of aliphatic hydroxyl groups is 2. The van der Waals surface area contributed by atoms with Crippen LogP contribution in [0.5, 0.6) is 11.5 Å². The molecule has 0 heterocycles. The smallest absolute Gasteiger partial charge is 0.160 e. The van der Waals surface area contributed by atoms with Gasteiger partial charge in [0.25, 0.3) is 0 Å². The third kappa shape index (κ3) is 6.67. The van der Waals surface area contributed by atoms with E-state index in [1.807, 2.05) is 18.2 Å². The molecule has 0 unspecified atom stereocenters. The van der Waals surface area contributed by atoms with Gasteiger partial charge in [0.05, 0.1) is 26.4 Å². The Morgan fingerprint density at radius 1 is 0.955 bits per heavy atom. The summed E-state index contributed by atoms with van der Waals surface area (Å²) in [7, 11) is 3.23. The summed E-state index contributed by atoms with van der Waals surface area (Å²) in [5.41, 5.74) is 1.09. The van der Waals surface area contributed by atoms with Crippen LogP contribution in [-0.2, 0) is 6.42 Å². The van der Waals surface area contributed by atoms with Crippen molar-refractivity contribution < 1.29 is 19.7 Å². The molecule has 0 saturated carbocycles. The fourth-order valence-electron chi connectivity index (χ4n) is 2.55. The molecule has 4 nitrogen and oxygen atoms in total. The van der Waals surface area contributed by atoms with E-state index in [0.29, 0.717) is 24.3 Å². The summed E-state index contributed by atoms with van der Waals surface area (Å²) in [6.07, 6.45) is 5.08. The molecule has 0 aliphatic rings. The molecule has 0 aliphatic carbocycles. The summed E-state index contributed by atoms with van der Waals surface area (Å²) >= 11 is 0. The van der Waals surface area contributed by atoms with Crippen molar-refractivity contribution in [3.05, 3.63) is 23.8 Å². The zero-order valence-corrected chi connectivity index (χ0v) is 14.0. The van der Waals surface area contributed by atoms with Gasteiger partial charge < -0.3 is 19.7 Å². The second kappa shape index (κ2) is 10.5. The second-order valence-electron chi connectivity index (χ2n) is 5.77. The quantitative estimate of drug-likeness (QED) is 0.616. The van der Waals surface area contributed by atoms with Gasteiger partial charge in [0.15, 0.2) is 11.5 Å². The first-order valence-electron chi connectivity index (χ1n) is 8.17. The largest absolute Gasteiger partial charge is 0.493 e. The minimum Gasteiger partial charge on any atom is -0.493 e. The van der Waals surface area contributed by atoms with E-state index in [-0.39, 0.29) is 0 Å².